The van der Waals surface area contributed by atoms with Gasteiger partial charge in [0.25, 0.3) is 5.91 Å². The molecule has 0 fully saturated rings. The van der Waals surface area contributed by atoms with E-state index in [4.69, 9.17) is 5.10 Å². The van der Waals surface area contributed by atoms with Crippen LogP contribution in [0, 0.1) is 19.7 Å². The lowest BCUT2D eigenvalue weighted by Gasteiger charge is -2.23. The monoisotopic (exact) mass is 500 g/mol. The first-order valence-corrected chi connectivity index (χ1v) is 12.6. The molecule has 2 amide bonds. The molecular weight excluding hydrogens is 475 g/mol. The quantitative estimate of drug-likeness (QED) is 0.493. The molecule has 0 spiro atoms. The third-order valence-corrected chi connectivity index (χ3v) is 7.32. The predicted octanol–water partition coefficient (Wildman–Crippen LogP) is 5.62. The second-order valence-electron chi connectivity index (χ2n) is 8.99. The van der Waals surface area contributed by atoms with Gasteiger partial charge in [-0.3, -0.25) is 9.59 Å². The molecule has 8 heteroatoms. The van der Waals surface area contributed by atoms with Crippen molar-refractivity contribution in [3.05, 3.63) is 101 Å². The summed E-state index contributed by atoms with van der Waals surface area (Å²) in [5, 5.41) is 9.26. The lowest BCUT2D eigenvalue weighted by molar-refractivity contribution is -0.121. The van der Waals surface area contributed by atoms with Crippen molar-refractivity contribution in [3.63, 3.8) is 0 Å². The van der Waals surface area contributed by atoms with Crippen molar-refractivity contribution in [2.45, 2.75) is 38.0 Å². The molecule has 0 saturated carbocycles. The molecule has 3 aromatic carbocycles. The lowest BCUT2D eigenvalue weighted by atomic mass is 9.98. The third kappa shape index (κ3) is 5.23. The number of amides is 2. The number of carbonyl (C=O) groups excluding carboxylic acids is 2. The standard InChI is InChI=1S/C28H25FN4O2S/c1-17-3-7-20(8-4-17)24-15-23(19-9-11-21(29)12-10-19)32-33(24)28-31-27(35)25(36-28)16-26(34)30-22-13-5-18(2)6-14-22/h3-14,24-25H,15-16H2,1-2H3,(H,30,34)/t24-,25-/m1/s1. The number of aliphatic imine (C=N–C) groups is 1. The van der Waals surface area contributed by atoms with Crippen molar-refractivity contribution in [3.8, 4) is 0 Å². The van der Waals surface area contributed by atoms with Crippen LogP contribution in [-0.4, -0.2) is 33.0 Å². The Labute approximate surface area is 213 Å². The Morgan fingerprint density at radius 3 is 2.31 bits per heavy atom. The number of nitrogens with zero attached hydrogens (tertiary/aromatic N) is 3. The summed E-state index contributed by atoms with van der Waals surface area (Å²) in [6, 6.07) is 21.7. The summed E-state index contributed by atoms with van der Waals surface area (Å²) in [6.45, 7) is 4.00. The first kappa shape index (κ1) is 23.9. The molecule has 2 atom stereocenters. The number of amidine groups is 1. The third-order valence-electron chi connectivity index (χ3n) is 6.18. The first-order chi connectivity index (χ1) is 17.4. The summed E-state index contributed by atoms with van der Waals surface area (Å²) in [6.07, 6.45) is 0.600. The van der Waals surface area contributed by atoms with E-state index in [1.807, 2.05) is 62.4 Å². The van der Waals surface area contributed by atoms with Gasteiger partial charge in [-0.1, -0.05) is 71.4 Å². The summed E-state index contributed by atoms with van der Waals surface area (Å²) < 4.78 is 13.5. The molecule has 2 aliphatic heterocycles. The van der Waals surface area contributed by atoms with Gasteiger partial charge in [-0.25, -0.2) is 9.40 Å². The number of thioether (sulfide) groups is 1. The van der Waals surface area contributed by atoms with Crippen LogP contribution in [0.1, 0.15) is 41.1 Å². The highest BCUT2D eigenvalue weighted by atomic mass is 32.2. The molecule has 0 radical (unpaired) electrons. The summed E-state index contributed by atoms with van der Waals surface area (Å²) in [5.74, 6) is -0.896. The second-order valence-corrected chi connectivity index (χ2v) is 10.2. The fourth-order valence-corrected chi connectivity index (χ4v) is 5.23. The van der Waals surface area contributed by atoms with Gasteiger partial charge >= 0.3 is 0 Å². The highest BCUT2D eigenvalue weighted by molar-refractivity contribution is 8.15. The van der Waals surface area contributed by atoms with E-state index in [1.54, 1.807) is 17.1 Å². The van der Waals surface area contributed by atoms with E-state index in [-0.39, 0.29) is 30.1 Å². The van der Waals surface area contributed by atoms with Crippen LogP contribution < -0.4 is 5.32 Å². The molecule has 2 heterocycles. The fourth-order valence-electron chi connectivity index (χ4n) is 4.17. The molecule has 0 aromatic heterocycles. The fraction of sp³-hybridized carbons (Fsp3) is 0.214. The molecule has 36 heavy (non-hydrogen) atoms. The largest absolute Gasteiger partial charge is 0.326 e. The molecule has 0 saturated heterocycles. The van der Waals surface area contributed by atoms with Crippen LogP contribution in [0.2, 0.25) is 0 Å². The Morgan fingerprint density at radius 2 is 1.64 bits per heavy atom. The SMILES string of the molecule is Cc1ccc(NC(=O)C[C@H]2SC(N3N=C(c4ccc(F)cc4)C[C@@H]3c3ccc(C)cc3)=NC2=O)cc1. The normalized spacial score (nSPS) is 19.3. The zero-order chi connectivity index (χ0) is 25.2. The lowest BCUT2D eigenvalue weighted by Crippen LogP contribution is -2.25. The number of nitrogens with one attached hydrogen (secondary N) is 1. The highest BCUT2D eigenvalue weighted by Crippen LogP contribution is 2.38. The van der Waals surface area contributed by atoms with Crippen LogP contribution in [0.4, 0.5) is 10.1 Å². The van der Waals surface area contributed by atoms with Crippen molar-refractivity contribution < 1.29 is 14.0 Å². The number of aryl methyl sites for hydroxylation is 2. The molecule has 182 valence electrons. The maximum absolute atomic E-state index is 13.5. The highest BCUT2D eigenvalue weighted by Gasteiger charge is 2.39. The van der Waals surface area contributed by atoms with Gasteiger partial charge in [0.15, 0.2) is 5.17 Å². The molecule has 0 unspecified atom stereocenters. The summed E-state index contributed by atoms with van der Waals surface area (Å²) >= 11 is 1.26. The minimum absolute atomic E-state index is 0.0158. The molecule has 0 bridgehead atoms. The average Bonchev–Trinajstić information content (AvgIpc) is 3.45. The van der Waals surface area contributed by atoms with Crippen LogP contribution in [0.25, 0.3) is 0 Å². The Morgan fingerprint density at radius 1 is 1.00 bits per heavy atom. The Balaban J connectivity index is 1.35. The molecule has 2 aliphatic rings. The number of hydrogen-bond donors (Lipinski definition) is 1. The van der Waals surface area contributed by atoms with Crippen LogP contribution in [0.3, 0.4) is 0 Å². The van der Waals surface area contributed by atoms with E-state index < -0.39 is 5.25 Å². The summed E-state index contributed by atoms with van der Waals surface area (Å²) in [4.78, 5) is 29.6. The number of hydrazone groups is 1. The Hall–Kier alpha value is -3.78. The molecule has 1 N–H and O–H groups in total. The topological polar surface area (TPSA) is 74.1 Å². The van der Waals surface area contributed by atoms with E-state index in [0.717, 1.165) is 28.0 Å². The summed E-state index contributed by atoms with van der Waals surface area (Å²) in [5.41, 5.74) is 5.58. The summed E-state index contributed by atoms with van der Waals surface area (Å²) in [7, 11) is 0. The van der Waals surface area contributed by atoms with Gasteiger partial charge < -0.3 is 5.32 Å². The Kier molecular flexibility index (Phi) is 6.69. The number of anilines is 1. The zero-order valence-electron chi connectivity index (χ0n) is 19.9. The van der Waals surface area contributed by atoms with E-state index in [2.05, 4.69) is 10.3 Å². The van der Waals surface area contributed by atoms with Gasteiger partial charge in [-0.2, -0.15) is 10.1 Å². The van der Waals surface area contributed by atoms with Crippen LogP contribution in [-0.2, 0) is 9.59 Å². The minimum Gasteiger partial charge on any atom is -0.326 e. The van der Waals surface area contributed by atoms with Crippen molar-refractivity contribution in [2.24, 2.45) is 10.1 Å². The number of benzene rings is 3. The molecule has 5 rings (SSSR count). The van der Waals surface area contributed by atoms with Crippen molar-refractivity contribution in [1.29, 1.82) is 0 Å². The van der Waals surface area contributed by atoms with Gasteiger partial charge in [0.2, 0.25) is 5.91 Å². The smallest absolute Gasteiger partial charge is 0.262 e. The van der Waals surface area contributed by atoms with Gasteiger partial charge in [-0.15, -0.1) is 0 Å². The van der Waals surface area contributed by atoms with Crippen molar-refractivity contribution in [2.75, 3.05) is 5.32 Å². The Bertz CT molecular complexity index is 1350. The van der Waals surface area contributed by atoms with Gasteiger partial charge in [0.1, 0.15) is 11.1 Å². The van der Waals surface area contributed by atoms with Gasteiger partial charge in [0, 0.05) is 18.5 Å². The minimum atomic E-state index is -0.616. The van der Waals surface area contributed by atoms with Gasteiger partial charge in [-0.05, 0) is 49.2 Å². The van der Waals surface area contributed by atoms with E-state index in [9.17, 15) is 14.0 Å². The van der Waals surface area contributed by atoms with Crippen molar-refractivity contribution in [1.82, 2.24) is 5.01 Å². The number of hydrogen-bond acceptors (Lipinski definition) is 5. The molecule has 3 aromatic rings. The van der Waals surface area contributed by atoms with E-state index >= 15 is 0 Å². The average molecular weight is 501 g/mol. The van der Waals surface area contributed by atoms with Gasteiger partial charge in [0.05, 0.1) is 11.8 Å². The molecule has 0 aliphatic carbocycles. The van der Waals surface area contributed by atoms with E-state index in [0.29, 0.717) is 17.3 Å². The van der Waals surface area contributed by atoms with E-state index in [1.165, 1.54) is 23.9 Å². The maximum atomic E-state index is 13.5. The second kappa shape index (κ2) is 10.1. The number of rotatable bonds is 5. The van der Waals surface area contributed by atoms with Crippen LogP contribution >= 0.6 is 11.8 Å². The number of carbonyl (C=O) groups is 2. The zero-order valence-corrected chi connectivity index (χ0v) is 20.8. The van der Waals surface area contributed by atoms with Crippen LogP contribution in [0.5, 0.6) is 0 Å². The maximum Gasteiger partial charge on any atom is 0.262 e. The molecule has 6 nitrogen and oxygen atoms in total. The van der Waals surface area contributed by atoms with Crippen LogP contribution in [0.15, 0.2) is 82.9 Å². The first-order valence-electron chi connectivity index (χ1n) is 11.7. The molecular formula is C28H25FN4O2S. The van der Waals surface area contributed by atoms with Crippen molar-refractivity contribution >= 4 is 40.1 Å². The predicted molar refractivity (Wildman–Crippen MR) is 142 cm³/mol. The number of halogens is 1.